The van der Waals surface area contributed by atoms with Crippen LogP contribution in [0.25, 0.3) is 0 Å². The van der Waals surface area contributed by atoms with E-state index in [9.17, 15) is 4.79 Å². The van der Waals surface area contributed by atoms with Gasteiger partial charge in [0.2, 0.25) is 5.78 Å². The Morgan fingerprint density at radius 1 is 1.21 bits per heavy atom. The molecule has 0 N–H and O–H groups in total. The van der Waals surface area contributed by atoms with Gasteiger partial charge in [0, 0.05) is 16.6 Å². The van der Waals surface area contributed by atoms with Crippen molar-refractivity contribution in [3.05, 3.63) is 50.7 Å². The van der Waals surface area contributed by atoms with Gasteiger partial charge in [0.1, 0.15) is 5.69 Å². The third-order valence-corrected chi connectivity index (χ3v) is 3.46. The van der Waals surface area contributed by atoms with Crippen LogP contribution in [0.5, 0.6) is 0 Å². The van der Waals surface area contributed by atoms with Crippen molar-refractivity contribution in [1.29, 1.82) is 0 Å². The molecule has 0 spiro atoms. The molecule has 6 heteroatoms. The molecule has 0 bridgehead atoms. The molecule has 1 heterocycles. The zero-order valence-electron chi connectivity index (χ0n) is 10.3. The molecule has 0 aliphatic carbocycles. The lowest BCUT2D eigenvalue weighted by Gasteiger charge is -2.11. The minimum atomic E-state index is -0.266. The second-order valence-electron chi connectivity index (χ2n) is 4.33. The van der Waals surface area contributed by atoms with Crippen LogP contribution in [-0.4, -0.2) is 15.6 Å². The number of halogens is 3. The molecule has 2 aromatic rings. The molecule has 1 aromatic carbocycles. The van der Waals surface area contributed by atoms with Crippen LogP contribution in [0.2, 0.25) is 15.1 Å². The monoisotopic (exact) mass is 316 g/mol. The van der Waals surface area contributed by atoms with Crippen LogP contribution in [0.15, 0.2) is 24.4 Å². The SMILES string of the molecule is CC(C)n1ncc(Cl)c1C(=O)c1ccc(Cl)cc1Cl. The van der Waals surface area contributed by atoms with Crippen LogP contribution in [0, 0.1) is 0 Å². The molecule has 1 aromatic heterocycles. The Hall–Kier alpha value is -1.03. The van der Waals surface area contributed by atoms with Gasteiger partial charge in [-0.25, -0.2) is 0 Å². The highest BCUT2D eigenvalue weighted by Gasteiger charge is 2.22. The first-order chi connectivity index (χ1) is 8.91. The van der Waals surface area contributed by atoms with Crippen molar-refractivity contribution in [2.45, 2.75) is 19.9 Å². The van der Waals surface area contributed by atoms with Gasteiger partial charge in [0.25, 0.3) is 0 Å². The van der Waals surface area contributed by atoms with E-state index in [0.29, 0.717) is 26.3 Å². The van der Waals surface area contributed by atoms with Crippen LogP contribution < -0.4 is 0 Å². The Balaban J connectivity index is 2.53. The van der Waals surface area contributed by atoms with E-state index in [1.165, 1.54) is 12.3 Å². The standard InChI is InChI=1S/C13H11Cl3N2O/c1-7(2)18-12(11(16)6-17-18)13(19)9-4-3-8(14)5-10(9)15/h3-7H,1-2H3. The number of rotatable bonds is 3. The maximum Gasteiger partial charge on any atom is 0.214 e. The van der Waals surface area contributed by atoms with Gasteiger partial charge in [-0.1, -0.05) is 34.8 Å². The lowest BCUT2D eigenvalue weighted by Crippen LogP contribution is -2.14. The predicted molar refractivity (Wildman–Crippen MR) is 77.5 cm³/mol. The number of aromatic nitrogens is 2. The summed E-state index contributed by atoms with van der Waals surface area (Å²) in [6.45, 7) is 3.84. The number of carbonyl (C=O) groups excluding carboxylic acids is 1. The van der Waals surface area contributed by atoms with Gasteiger partial charge in [-0.15, -0.1) is 0 Å². The van der Waals surface area contributed by atoms with Gasteiger partial charge in [-0.3, -0.25) is 9.48 Å². The molecule has 0 atom stereocenters. The van der Waals surface area contributed by atoms with Crippen LogP contribution in [0.3, 0.4) is 0 Å². The fourth-order valence-corrected chi connectivity index (χ4v) is 2.46. The Morgan fingerprint density at radius 2 is 1.89 bits per heavy atom. The molecule has 2 rings (SSSR count). The second kappa shape index (κ2) is 5.53. The molecule has 0 saturated carbocycles. The van der Waals surface area contributed by atoms with Crippen molar-refractivity contribution in [2.75, 3.05) is 0 Å². The number of benzene rings is 1. The Morgan fingerprint density at radius 3 is 2.47 bits per heavy atom. The van der Waals surface area contributed by atoms with Gasteiger partial charge < -0.3 is 0 Å². The van der Waals surface area contributed by atoms with E-state index in [1.54, 1.807) is 16.8 Å². The lowest BCUT2D eigenvalue weighted by molar-refractivity contribution is 0.102. The molecule has 3 nitrogen and oxygen atoms in total. The van der Waals surface area contributed by atoms with Crippen LogP contribution in [-0.2, 0) is 0 Å². The molecule has 0 saturated heterocycles. The highest BCUT2D eigenvalue weighted by Crippen LogP contribution is 2.27. The fraction of sp³-hybridized carbons (Fsp3) is 0.231. The zero-order chi connectivity index (χ0) is 14.2. The number of nitrogens with zero attached hydrogens (tertiary/aromatic N) is 2. The summed E-state index contributed by atoms with van der Waals surface area (Å²) in [6, 6.07) is 4.75. The summed E-state index contributed by atoms with van der Waals surface area (Å²) >= 11 is 17.9. The average Bonchev–Trinajstić information content (AvgIpc) is 2.70. The first kappa shape index (κ1) is 14.4. The molecule has 0 fully saturated rings. The van der Waals surface area contributed by atoms with Gasteiger partial charge in [-0.05, 0) is 32.0 Å². The van der Waals surface area contributed by atoms with E-state index in [2.05, 4.69) is 5.10 Å². The maximum atomic E-state index is 12.5. The first-order valence-corrected chi connectivity index (χ1v) is 6.78. The van der Waals surface area contributed by atoms with Gasteiger partial charge in [0.05, 0.1) is 16.2 Å². The van der Waals surface area contributed by atoms with Gasteiger partial charge >= 0.3 is 0 Å². The Bertz CT molecular complexity index is 635. The molecule has 0 aliphatic rings. The second-order valence-corrected chi connectivity index (χ2v) is 5.58. The summed E-state index contributed by atoms with van der Waals surface area (Å²) in [7, 11) is 0. The molecule has 0 unspecified atom stereocenters. The molecule has 0 amide bonds. The zero-order valence-corrected chi connectivity index (χ0v) is 12.6. The number of ketones is 1. The molecule has 0 aliphatic heterocycles. The normalized spacial score (nSPS) is 11.1. The van der Waals surface area contributed by atoms with Crippen molar-refractivity contribution >= 4 is 40.6 Å². The number of carbonyl (C=O) groups is 1. The quantitative estimate of drug-likeness (QED) is 0.772. The summed E-state index contributed by atoms with van der Waals surface area (Å²) in [5.41, 5.74) is 0.691. The summed E-state index contributed by atoms with van der Waals surface area (Å²) < 4.78 is 1.58. The van der Waals surface area contributed by atoms with Crippen molar-refractivity contribution in [3.63, 3.8) is 0 Å². The summed E-state index contributed by atoms with van der Waals surface area (Å²) in [5.74, 6) is -0.266. The number of hydrogen-bond acceptors (Lipinski definition) is 2. The highest BCUT2D eigenvalue weighted by molar-refractivity contribution is 6.39. The molecular weight excluding hydrogens is 307 g/mol. The Kier molecular flexibility index (Phi) is 4.19. The van der Waals surface area contributed by atoms with Crippen LogP contribution >= 0.6 is 34.8 Å². The summed E-state index contributed by atoms with van der Waals surface area (Å²) in [5, 5.41) is 5.19. The molecule has 19 heavy (non-hydrogen) atoms. The minimum Gasteiger partial charge on any atom is -0.287 e. The van der Waals surface area contributed by atoms with Crippen molar-refractivity contribution in [3.8, 4) is 0 Å². The molecule has 100 valence electrons. The van der Waals surface area contributed by atoms with Crippen molar-refractivity contribution < 1.29 is 4.79 Å². The Labute approximate surface area is 126 Å². The molecular formula is C13H11Cl3N2O. The highest BCUT2D eigenvalue weighted by atomic mass is 35.5. The van der Waals surface area contributed by atoms with Crippen LogP contribution in [0.4, 0.5) is 0 Å². The fourth-order valence-electron chi connectivity index (χ4n) is 1.75. The van der Waals surface area contributed by atoms with E-state index in [-0.39, 0.29) is 11.8 Å². The van der Waals surface area contributed by atoms with Crippen molar-refractivity contribution in [1.82, 2.24) is 9.78 Å². The van der Waals surface area contributed by atoms with Crippen LogP contribution in [0.1, 0.15) is 35.9 Å². The smallest absolute Gasteiger partial charge is 0.214 e. The predicted octanol–water partition coefficient (Wildman–Crippen LogP) is 4.66. The maximum absolute atomic E-state index is 12.5. The van der Waals surface area contributed by atoms with E-state index in [1.807, 2.05) is 13.8 Å². The van der Waals surface area contributed by atoms with E-state index >= 15 is 0 Å². The van der Waals surface area contributed by atoms with Gasteiger partial charge in [0.15, 0.2) is 0 Å². The first-order valence-electron chi connectivity index (χ1n) is 5.64. The van der Waals surface area contributed by atoms with E-state index in [0.717, 1.165) is 0 Å². The third kappa shape index (κ3) is 2.78. The largest absolute Gasteiger partial charge is 0.287 e. The topological polar surface area (TPSA) is 34.9 Å². The minimum absolute atomic E-state index is 0.0255. The number of hydrogen-bond donors (Lipinski definition) is 0. The van der Waals surface area contributed by atoms with Gasteiger partial charge in [-0.2, -0.15) is 5.10 Å². The lowest BCUT2D eigenvalue weighted by atomic mass is 10.1. The van der Waals surface area contributed by atoms with E-state index < -0.39 is 0 Å². The molecule has 0 radical (unpaired) electrons. The average molecular weight is 318 g/mol. The third-order valence-electron chi connectivity index (χ3n) is 2.63. The van der Waals surface area contributed by atoms with Crippen molar-refractivity contribution in [2.24, 2.45) is 0 Å². The van der Waals surface area contributed by atoms with E-state index in [4.69, 9.17) is 34.8 Å². The summed E-state index contributed by atoms with van der Waals surface area (Å²) in [6.07, 6.45) is 1.46. The summed E-state index contributed by atoms with van der Waals surface area (Å²) in [4.78, 5) is 12.5.